The third-order valence-corrected chi connectivity index (χ3v) is 5.83. The molecule has 2 amide bonds. The topological polar surface area (TPSA) is 49.4 Å². The predicted octanol–water partition coefficient (Wildman–Crippen LogP) is 4.40. The molecule has 2 aromatic carbocycles. The van der Waals surface area contributed by atoms with Crippen LogP contribution in [-0.2, 0) is 16.1 Å². The first-order valence-electron chi connectivity index (χ1n) is 8.85. The molecule has 0 bridgehead atoms. The monoisotopic (exact) mass is 448 g/mol. The molecule has 27 heavy (non-hydrogen) atoms. The first-order valence-corrected chi connectivity index (χ1v) is 10.6. The van der Waals surface area contributed by atoms with Crippen molar-refractivity contribution in [1.29, 1.82) is 0 Å². The molecule has 0 aromatic heterocycles. The van der Waals surface area contributed by atoms with E-state index in [1.165, 1.54) is 5.56 Å². The second kappa shape index (κ2) is 10.5. The van der Waals surface area contributed by atoms with Crippen molar-refractivity contribution in [3.05, 3.63) is 64.1 Å². The Labute approximate surface area is 173 Å². The normalized spacial score (nSPS) is 11.7. The molecule has 2 rings (SSSR count). The van der Waals surface area contributed by atoms with Gasteiger partial charge in [0.25, 0.3) is 0 Å². The number of halogens is 1. The number of rotatable bonds is 8. The minimum atomic E-state index is -0.518. The Morgan fingerprint density at radius 3 is 2.33 bits per heavy atom. The van der Waals surface area contributed by atoms with Gasteiger partial charge in [-0.25, -0.2) is 0 Å². The van der Waals surface area contributed by atoms with Crippen LogP contribution >= 0.6 is 27.7 Å². The van der Waals surface area contributed by atoms with Crippen LogP contribution in [0.2, 0.25) is 0 Å². The third-order valence-electron chi connectivity index (χ3n) is 4.29. The lowest BCUT2D eigenvalue weighted by atomic mass is 10.1. The highest BCUT2D eigenvalue weighted by molar-refractivity contribution is 9.10. The summed E-state index contributed by atoms with van der Waals surface area (Å²) in [6.07, 6.45) is 0.385. The number of aryl methyl sites for hydroxylation is 1. The van der Waals surface area contributed by atoms with Crippen molar-refractivity contribution in [2.24, 2.45) is 0 Å². The number of carbonyl (C=O) groups excluding carboxylic acids is 2. The maximum absolute atomic E-state index is 12.8. The zero-order chi connectivity index (χ0) is 19.8. The first kappa shape index (κ1) is 21.5. The number of carbonyl (C=O) groups is 2. The highest BCUT2D eigenvalue weighted by Crippen LogP contribution is 2.20. The lowest BCUT2D eigenvalue weighted by Gasteiger charge is -2.28. The summed E-state index contributed by atoms with van der Waals surface area (Å²) >= 11 is 5.07. The number of thioether (sulfide) groups is 1. The van der Waals surface area contributed by atoms with E-state index in [1.54, 1.807) is 30.6 Å². The lowest BCUT2D eigenvalue weighted by Crippen LogP contribution is -2.46. The standard InChI is InChI=1S/C21H25BrN2O2S/c1-15-4-10-19(11-5-15)27-13-12-20(25)24(16(2)21(26)23-3)14-17-6-8-18(22)9-7-17/h4-11,16H,12-14H2,1-3H3,(H,23,26). The van der Waals surface area contributed by atoms with Gasteiger partial charge in [0.2, 0.25) is 11.8 Å². The molecule has 6 heteroatoms. The van der Waals surface area contributed by atoms with Gasteiger partial charge in [-0.2, -0.15) is 0 Å². The Bertz CT molecular complexity index is 763. The summed E-state index contributed by atoms with van der Waals surface area (Å²) < 4.78 is 0.984. The molecule has 1 N–H and O–H groups in total. The second-order valence-corrected chi connectivity index (χ2v) is 8.43. The number of hydrogen-bond donors (Lipinski definition) is 1. The number of amides is 2. The zero-order valence-electron chi connectivity index (χ0n) is 15.9. The van der Waals surface area contributed by atoms with Crippen molar-refractivity contribution < 1.29 is 9.59 Å². The molecule has 1 atom stereocenters. The van der Waals surface area contributed by atoms with Crippen molar-refractivity contribution in [2.75, 3.05) is 12.8 Å². The average Bonchev–Trinajstić information content (AvgIpc) is 2.67. The summed E-state index contributed by atoms with van der Waals surface area (Å²) in [6, 6.07) is 15.6. The fourth-order valence-corrected chi connectivity index (χ4v) is 3.72. The summed E-state index contributed by atoms with van der Waals surface area (Å²) in [6.45, 7) is 4.23. The van der Waals surface area contributed by atoms with Crippen LogP contribution in [0, 0.1) is 6.92 Å². The quantitative estimate of drug-likeness (QED) is 0.608. The van der Waals surface area contributed by atoms with Gasteiger partial charge in [0, 0.05) is 35.1 Å². The Kier molecular flexibility index (Phi) is 8.38. The van der Waals surface area contributed by atoms with Crippen molar-refractivity contribution in [3.63, 3.8) is 0 Å². The largest absolute Gasteiger partial charge is 0.357 e. The first-order chi connectivity index (χ1) is 12.9. The van der Waals surface area contributed by atoms with Crippen LogP contribution in [0.1, 0.15) is 24.5 Å². The average molecular weight is 449 g/mol. The summed E-state index contributed by atoms with van der Waals surface area (Å²) in [7, 11) is 1.59. The smallest absolute Gasteiger partial charge is 0.242 e. The van der Waals surface area contributed by atoms with Crippen LogP contribution in [0.25, 0.3) is 0 Å². The number of likely N-dealkylation sites (N-methyl/N-ethyl adjacent to an activating group) is 1. The second-order valence-electron chi connectivity index (χ2n) is 6.35. The minimum Gasteiger partial charge on any atom is -0.357 e. The van der Waals surface area contributed by atoms with E-state index in [-0.39, 0.29) is 11.8 Å². The van der Waals surface area contributed by atoms with Gasteiger partial charge >= 0.3 is 0 Å². The van der Waals surface area contributed by atoms with Gasteiger partial charge < -0.3 is 10.2 Å². The van der Waals surface area contributed by atoms with E-state index in [2.05, 4.69) is 52.4 Å². The minimum absolute atomic E-state index is 0.0198. The molecule has 0 aliphatic heterocycles. The van der Waals surface area contributed by atoms with Gasteiger partial charge in [-0.3, -0.25) is 9.59 Å². The molecular formula is C21H25BrN2O2S. The SMILES string of the molecule is CNC(=O)C(C)N(Cc1ccc(Br)cc1)C(=O)CCSc1ccc(C)cc1. The van der Waals surface area contributed by atoms with E-state index >= 15 is 0 Å². The molecule has 0 saturated heterocycles. The molecule has 144 valence electrons. The third kappa shape index (κ3) is 6.70. The number of hydrogen-bond acceptors (Lipinski definition) is 3. The van der Waals surface area contributed by atoms with E-state index in [0.29, 0.717) is 18.7 Å². The molecule has 1 unspecified atom stereocenters. The van der Waals surface area contributed by atoms with E-state index in [9.17, 15) is 9.59 Å². The molecule has 0 saturated carbocycles. The van der Waals surface area contributed by atoms with Gasteiger partial charge in [0.15, 0.2) is 0 Å². The highest BCUT2D eigenvalue weighted by Gasteiger charge is 2.25. The van der Waals surface area contributed by atoms with Gasteiger partial charge in [-0.15, -0.1) is 11.8 Å². The number of nitrogens with zero attached hydrogens (tertiary/aromatic N) is 1. The number of benzene rings is 2. The molecule has 0 fully saturated rings. The Balaban J connectivity index is 2.02. The van der Waals surface area contributed by atoms with Crippen molar-refractivity contribution in [2.45, 2.75) is 37.8 Å². The summed E-state index contributed by atoms with van der Waals surface area (Å²) in [5.41, 5.74) is 2.21. The predicted molar refractivity (Wildman–Crippen MR) is 115 cm³/mol. The Morgan fingerprint density at radius 2 is 1.74 bits per heavy atom. The van der Waals surface area contributed by atoms with Crippen molar-refractivity contribution in [1.82, 2.24) is 10.2 Å². The van der Waals surface area contributed by atoms with E-state index in [0.717, 1.165) is 14.9 Å². The van der Waals surface area contributed by atoms with E-state index in [1.807, 2.05) is 24.3 Å². The summed E-state index contributed by atoms with van der Waals surface area (Å²) in [4.78, 5) is 27.8. The van der Waals surface area contributed by atoms with Crippen molar-refractivity contribution >= 4 is 39.5 Å². The molecule has 0 spiro atoms. The van der Waals surface area contributed by atoms with Crippen molar-refractivity contribution in [3.8, 4) is 0 Å². The van der Waals surface area contributed by atoms with Gasteiger partial charge in [-0.05, 0) is 43.7 Å². The van der Waals surface area contributed by atoms with Crippen LogP contribution in [0.3, 0.4) is 0 Å². The van der Waals surface area contributed by atoms with Crippen LogP contribution in [0.15, 0.2) is 57.9 Å². The van der Waals surface area contributed by atoms with E-state index < -0.39 is 6.04 Å². The number of nitrogens with one attached hydrogen (secondary N) is 1. The van der Waals surface area contributed by atoms with Crippen LogP contribution < -0.4 is 5.32 Å². The Hall–Kier alpha value is -1.79. The summed E-state index contributed by atoms with van der Waals surface area (Å²) in [5.74, 6) is 0.499. The lowest BCUT2D eigenvalue weighted by molar-refractivity contribution is -0.140. The molecule has 2 aromatic rings. The van der Waals surface area contributed by atoms with E-state index in [4.69, 9.17) is 0 Å². The van der Waals surface area contributed by atoms with Gasteiger partial charge in [0.1, 0.15) is 6.04 Å². The molecule has 4 nitrogen and oxygen atoms in total. The fraction of sp³-hybridized carbons (Fsp3) is 0.333. The van der Waals surface area contributed by atoms with Gasteiger partial charge in [-0.1, -0.05) is 45.8 Å². The molecular weight excluding hydrogens is 424 g/mol. The zero-order valence-corrected chi connectivity index (χ0v) is 18.3. The van der Waals surface area contributed by atoms with Crippen LogP contribution in [-0.4, -0.2) is 35.6 Å². The Morgan fingerprint density at radius 1 is 1.11 bits per heavy atom. The van der Waals surface area contributed by atoms with Crippen LogP contribution in [0.4, 0.5) is 0 Å². The highest BCUT2D eigenvalue weighted by atomic mass is 79.9. The summed E-state index contributed by atoms with van der Waals surface area (Å²) in [5, 5.41) is 2.64. The molecule has 0 aliphatic carbocycles. The molecule has 0 heterocycles. The maximum Gasteiger partial charge on any atom is 0.242 e. The molecule has 0 aliphatic rings. The van der Waals surface area contributed by atoms with Gasteiger partial charge in [0.05, 0.1) is 0 Å². The van der Waals surface area contributed by atoms with Crippen LogP contribution in [0.5, 0.6) is 0 Å². The fourth-order valence-electron chi connectivity index (χ4n) is 2.61. The molecule has 0 radical (unpaired) electrons. The maximum atomic E-state index is 12.8.